The van der Waals surface area contributed by atoms with E-state index in [0.29, 0.717) is 0 Å². The average Bonchev–Trinajstić information content (AvgIpc) is 3.18. The molecule has 0 aliphatic rings. The Bertz CT molecular complexity index is 1780. The van der Waals surface area contributed by atoms with Gasteiger partial charge >= 0.3 is 5.97 Å². The third kappa shape index (κ3) is 24.7. The summed E-state index contributed by atoms with van der Waals surface area (Å²) < 4.78 is 0. The van der Waals surface area contributed by atoms with Crippen molar-refractivity contribution < 1.29 is 72.2 Å². The van der Waals surface area contributed by atoms with Crippen molar-refractivity contribution in [3.63, 3.8) is 0 Å². The average molecular weight is 915 g/mol. The van der Waals surface area contributed by atoms with E-state index < -0.39 is 202 Å². The Morgan fingerprint density at radius 1 is 0.297 bits per heavy atom. The quantitative estimate of drug-likeness (QED) is 0.0285. The summed E-state index contributed by atoms with van der Waals surface area (Å²) in [6.45, 7) is 0. The lowest BCUT2D eigenvalue weighted by atomic mass is 10.0. The van der Waals surface area contributed by atoms with Gasteiger partial charge in [0.25, 0.3) is 0 Å². The van der Waals surface area contributed by atoms with Crippen LogP contribution in [0.4, 0.5) is 0 Å². The predicted molar refractivity (Wildman–Crippen MR) is 216 cm³/mol. The fourth-order valence-corrected chi connectivity index (χ4v) is 5.39. The van der Waals surface area contributed by atoms with E-state index in [0.717, 1.165) is 0 Å². The summed E-state index contributed by atoms with van der Waals surface area (Å²) in [5.41, 5.74) is 42.1. The fourth-order valence-electron chi connectivity index (χ4n) is 5.39. The third-order valence-electron chi connectivity index (χ3n) is 8.89. The van der Waals surface area contributed by atoms with Gasteiger partial charge < -0.3 is 82.9 Å². The van der Waals surface area contributed by atoms with Crippen molar-refractivity contribution in [1.29, 1.82) is 0 Å². The standard InChI is InChI=1S/C35H58N14O15/c36-15(1-8-22(37)50)29(57)44-16(2-9-23(38)51)30(58)45-17(3-10-24(39)52)31(59)46-18(4-11-25(40)53)32(60)47-19(5-12-26(41)54)33(61)48-20(6-13-27(42)55)34(62)49-21(35(63)64)7-14-28(43)56/h15-21H,1-14,36H2,(H2,37,50)(H2,38,51)(H2,39,52)(H2,40,53)(H2,41,54)(H2,42,55)(H2,43,56)(H,44,57)(H,45,58)(H,46,59)(H,47,60)(H,48,61)(H,49,62)(H,63,64)/t15-,16-,17-,18-,19-,20-,21-/m0/s1. The van der Waals surface area contributed by atoms with Gasteiger partial charge in [0, 0.05) is 44.9 Å². The molecule has 7 atom stereocenters. The minimum atomic E-state index is -1.79. The molecule has 0 spiro atoms. The number of hydrogen-bond acceptors (Lipinski definition) is 15. The van der Waals surface area contributed by atoms with Gasteiger partial charge in [0.2, 0.25) is 76.8 Å². The topological polar surface area (TPSA) is 540 Å². The number of carbonyl (C=O) groups is 14. The molecular weight excluding hydrogens is 856 g/mol. The summed E-state index contributed by atoms with van der Waals surface area (Å²) >= 11 is 0. The van der Waals surface area contributed by atoms with Gasteiger partial charge in [-0.1, -0.05) is 0 Å². The van der Waals surface area contributed by atoms with Gasteiger partial charge in [-0.05, 0) is 44.9 Å². The van der Waals surface area contributed by atoms with E-state index in [-0.39, 0.29) is 12.8 Å². The van der Waals surface area contributed by atoms with Crippen LogP contribution in [0.25, 0.3) is 0 Å². The summed E-state index contributed by atoms with van der Waals surface area (Å²) in [4.78, 5) is 173. The van der Waals surface area contributed by atoms with E-state index in [1.54, 1.807) is 0 Å². The van der Waals surface area contributed by atoms with Crippen molar-refractivity contribution in [3.8, 4) is 0 Å². The van der Waals surface area contributed by atoms with E-state index in [2.05, 4.69) is 31.9 Å². The summed E-state index contributed by atoms with van der Waals surface area (Å²) in [5.74, 6) is -14.9. The third-order valence-corrected chi connectivity index (χ3v) is 8.89. The van der Waals surface area contributed by atoms with Gasteiger partial charge in [-0.25, -0.2) is 4.79 Å². The number of nitrogens with one attached hydrogen (secondary N) is 6. The maximum Gasteiger partial charge on any atom is 0.326 e. The van der Waals surface area contributed by atoms with Crippen LogP contribution in [0.1, 0.15) is 89.9 Å². The van der Waals surface area contributed by atoms with E-state index >= 15 is 0 Å². The highest BCUT2D eigenvalue weighted by Crippen LogP contribution is 2.09. The van der Waals surface area contributed by atoms with Crippen LogP contribution in [-0.2, 0) is 67.1 Å². The zero-order valence-electron chi connectivity index (χ0n) is 34.7. The lowest BCUT2D eigenvalue weighted by Gasteiger charge is -2.27. The summed E-state index contributed by atoms with van der Waals surface area (Å²) in [5, 5.41) is 22.9. The normalized spacial score (nSPS) is 14.0. The molecule has 13 amide bonds. The number of aliphatic carboxylic acids is 1. The molecule has 23 N–H and O–H groups in total. The van der Waals surface area contributed by atoms with Crippen molar-refractivity contribution >= 4 is 82.8 Å². The Kier molecular flexibility index (Phi) is 25.6. The van der Waals surface area contributed by atoms with Crippen molar-refractivity contribution in [2.24, 2.45) is 45.9 Å². The molecule has 0 unspecified atom stereocenters. The fraction of sp³-hybridized carbons (Fsp3) is 0.600. The highest BCUT2D eigenvalue weighted by Gasteiger charge is 2.34. The number of hydrogen-bond donors (Lipinski definition) is 15. The first-order valence-corrected chi connectivity index (χ1v) is 19.5. The molecule has 0 aliphatic carbocycles. The molecule has 0 saturated carbocycles. The molecule has 0 rings (SSSR count). The molecule has 0 aliphatic heterocycles. The number of primary amides is 7. The number of rotatable bonds is 34. The first kappa shape index (κ1) is 56.5. The van der Waals surface area contributed by atoms with Crippen LogP contribution in [0, 0.1) is 0 Å². The van der Waals surface area contributed by atoms with Gasteiger partial charge in [0.1, 0.15) is 36.3 Å². The highest BCUT2D eigenvalue weighted by atomic mass is 16.4. The van der Waals surface area contributed by atoms with E-state index in [1.807, 2.05) is 0 Å². The molecule has 0 radical (unpaired) electrons. The van der Waals surface area contributed by atoms with Crippen LogP contribution >= 0.6 is 0 Å². The van der Waals surface area contributed by atoms with E-state index in [9.17, 15) is 72.2 Å². The first-order valence-electron chi connectivity index (χ1n) is 19.5. The summed E-state index contributed by atoms with van der Waals surface area (Å²) in [6, 6.07) is -11.7. The molecule has 0 aromatic heterocycles. The van der Waals surface area contributed by atoms with E-state index in [1.165, 1.54) is 0 Å². The Labute approximate surface area is 364 Å². The second-order valence-corrected chi connectivity index (χ2v) is 14.3. The Balaban J connectivity index is 6.68. The number of carboxylic acid groups (broad SMARTS) is 1. The van der Waals surface area contributed by atoms with Crippen molar-refractivity contribution in [1.82, 2.24) is 31.9 Å². The van der Waals surface area contributed by atoms with E-state index in [4.69, 9.17) is 45.9 Å². The smallest absolute Gasteiger partial charge is 0.326 e. The summed E-state index contributed by atoms with van der Waals surface area (Å²) in [6.07, 6.45) is -6.78. The van der Waals surface area contributed by atoms with Crippen LogP contribution in [0.3, 0.4) is 0 Å². The van der Waals surface area contributed by atoms with Crippen molar-refractivity contribution in [3.05, 3.63) is 0 Å². The molecule has 29 heteroatoms. The molecule has 0 aromatic rings. The number of nitrogens with two attached hydrogens (primary N) is 8. The molecular formula is C35H58N14O15. The lowest BCUT2D eigenvalue weighted by molar-refractivity contribution is -0.143. The monoisotopic (exact) mass is 914 g/mol. The van der Waals surface area contributed by atoms with Crippen LogP contribution in [0.5, 0.6) is 0 Å². The molecule has 0 fully saturated rings. The predicted octanol–water partition coefficient (Wildman–Crippen LogP) is -8.83. The van der Waals surface area contributed by atoms with Gasteiger partial charge in [-0.3, -0.25) is 62.3 Å². The zero-order chi connectivity index (χ0) is 49.3. The van der Waals surface area contributed by atoms with Gasteiger partial charge in [-0.15, -0.1) is 0 Å². The van der Waals surface area contributed by atoms with Crippen LogP contribution in [0.2, 0.25) is 0 Å². The number of amides is 13. The Morgan fingerprint density at radius 2 is 0.469 bits per heavy atom. The van der Waals surface area contributed by atoms with Crippen LogP contribution in [-0.4, -0.2) is 130 Å². The second-order valence-electron chi connectivity index (χ2n) is 14.3. The van der Waals surface area contributed by atoms with Crippen LogP contribution in [0.15, 0.2) is 0 Å². The molecule has 0 heterocycles. The maximum absolute atomic E-state index is 13.8. The molecule has 0 bridgehead atoms. The minimum Gasteiger partial charge on any atom is -0.480 e. The maximum atomic E-state index is 13.8. The SMILES string of the molecule is NC(=O)CC[C@H](NC(=O)[C@H](CCC(N)=O)NC(=O)[C@H](CCC(N)=O)NC(=O)[C@H](CCC(N)=O)NC(=O)[C@H](CCC(N)=O)NC(=O)[C@H](CCC(N)=O)NC(=O)[C@@H](N)CCC(N)=O)C(=O)O. The molecule has 358 valence electrons. The zero-order valence-corrected chi connectivity index (χ0v) is 34.7. The van der Waals surface area contributed by atoms with Gasteiger partial charge in [0.05, 0.1) is 6.04 Å². The molecule has 0 aromatic carbocycles. The minimum absolute atomic E-state index is 0.229. The molecule has 29 nitrogen and oxygen atoms in total. The van der Waals surface area contributed by atoms with Gasteiger partial charge in [0.15, 0.2) is 0 Å². The van der Waals surface area contributed by atoms with Gasteiger partial charge in [-0.2, -0.15) is 0 Å². The second kappa shape index (κ2) is 29.0. The van der Waals surface area contributed by atoms with Crippen molar-refractivity contribution in [2.45, 2.75) is 132 Å². The number of carbonyl (C=O) groups excluding carboxylic acids is 13. The largest absolute Gasteiger partial charge is 0.480 e. The Hall–Kier alpha value is -7.46. The Morgan fingerprint density at radius 3 is 0.672 bits per heavy atom. The van der Waals surface area contributed by atoms with Crippen molar-refractivity contribution in [2.75, 3.05) is 0 Å². The molecule has 0 saturated heterocycles. The highest BCUT2D eigenvalue weighted by molar-refractivity contribution is 5.98. The summed E-state index contributed by atoms with van der Waals surface area (Å²) in [7, 11) is 0. The van der Waals surface area contributed by atoms with Crippen LogP contribution < -0.4 is 77.8 Å². The lowest BCUT2D eigenvalue weighted by Crippen LogP contribution is -2.60. The number of carboxylic acids is 1. The first-order chi connectivity index (χ1) is 29.7. The molecule has 64 heavy (non-hydrogen) atoms.